The average Bonchev–Trinajstić information content (AvgIpc) is 3.43. The highest BCUT2D eigenvalue weighted by molar-refractivity contribution is 6.42. The van der Waals surface area contributed by atoms with Crippen LogP contribution in [0.25, 0.3) is 11.3 Å². The average molecular weight is 483 g/mol. The van der Waals surface area contributed by atoms with Crippen molar-refractivity contribution in [3.8, 4) is 11.3 Å². The van der Waals surface area contributed by atoms with Crippen LogP contribution in [-0.4, -0.2) is 28.5 Å². The number of carbonyl (C=O) groups excluding carboxylic acids is 1. The van der Waals surface area contributed by atoms with Crippen molar-refractivity contribution in [2.45, 2.75) is 51.6 Å². The monoisotopic (exact) mass is 482 g/mol. The van der Waals surface area contributed by atoms with Gasteiger partial charge in [0.2, 0.25) is 5.91 Å². The zero-order valence-electron chi connectivity index (χ0n) is 18.6. The molecular weight excluding hydrogens is 455 g/mol. The van der Waals surface area contributed by atoms with Crippen molar-refractivity contribution in [3.63, 3.8) is 0 Å². The highest BCUT2D eigenvalue weighted by Gasteiger charge is 2.19. The molecule has 172 valence electrons. The van der Waals surface area contributed by atoms with Gasteiger partial charge in [-0.25, -0.2) is 4.98 Å². The number of hydrogen-bond donors (Lipinski definition) is 1. The molecule has 33 heavy (non-hydrogen) atoms. The Morgan fingerprint density at radius 1 is 0.970 bits per heavy atom. The summed E-state index contributed by atoms with van der Waals surface area (Å²) in [6, 6.07) is 11.9. The van der Waals surface area contributed by atoms with E-state index in [0.29, 0.717) is 16.6 Å². The van der Waals surface area contributed by atoms with Crippen molar-refractivity contribution in [2.75, 3.05) is 18.0 Å². The van der Waals surface area contributed by atoms with Gasteiger partial charge in [0, 0.05) is 50.0 Å². The Bertz CT molecular complexity index is 1150. The summed E-state index contributed by atoms with van der Waals surface area (Å²) in [5.41, 5.74) is 5.30. The highest BCUT2D eigenvalue weighted by Crippen LogP contribution is 2.30. The SMILES string of the molecule is O=C(Cc1ccc(Cl)c(Cl)c1)NCc1cc(-c2cn3c(n2)CCC3)ccc1N1CCCCC1. The number of nitrogens with zero attached hydrogens (tertiary/aromatic N) is 3. The molecule has 1 amide bonds. The number of anilines is 1. The van der Waals surface area contributed by atoms with Crippen LogP contribution in [0.15, 0.2) is 42.6 Å². The number of piperidine rings is 1. The Hall–Kier alpha value is -2.50. The Kier molecular flexibility index (Phi) is 6.61. The summed E-state index contributed by atoms with van der Waals surface area (Å²) in [7, 11) is 0. The van der Waals surface area contributed by atoms with E-state index in [-0.39, 0.29) is 12.3 Å². The van der Waals surface area contributed by atoms with Crippen LogP contribution in [0.2, 0.25) is 10.0 Å². The number of aromatic nitrogens is 2. The van der Waals surface area contributed by atoms with Gasteiger partial charge in [0.15, 0.2) is 0 Å². The van der Waals surface area contributed by atoms with Gasteiger partial charge in [0.25, 0.3) is 0 Å². The molecule has 0 radical (unpaired) electrons. The standard InChI is InChI=1S/C26H28Cl2N4O/c27-21-8-6-18(13-22(21)28)14-26(33)29-16-20-15-19(23-17-32-12-4-5-25(32)30-23)7-9-24(20)31-10-2-1-3-11-31/h6-9,13,15,17H,1-5,10-12,14,16H2,(H,29,33). The van der Waals surface area contributed by atoms with Crippen LogP contribution in [0, 0.1) is 0 Å². The molecule has 3 aromatic rings. The lowest BCUT2D eigenvalue weighted by Gasteiger charge is -2.31. The molecule has 2 aliphatic heterocycles. The lowest BCUT2D eigenvalue weighted by atomic mass is 10.0. The molecule has 0 bridgehead atoms. The summed E-state index contributed by atoms with van der Waals surface area (Å²) < 4.78 is 2.26. The first-order valence-electron chi connectivity index (χ1n) is 11.7. The smallest absolute Gasteiger partial charge is 0.224 e. The lowest BCUT2D eigenvalue weighted by molar-refractivity contribution is -0.120. The zero-order valence-corrected chi connectivity index (χ0v) is 20.1. The molecule has 2 aliphatic rings. The molecule has 5 nitrogen and oxygen atoms in total. The number of rotatable bonds is 6. The maximum atomic E-state index is 12.7. The number of fused-ring (bicyclic) bond motifs is 1. The summed E-state index contributed by atoms with van der Waals surface area (Å²) >= 11 is 12.1. The van der Waals surface area contributed by atoms with E-state index in [4.69, 9.17) is 28.2 Å². The zero-order chi connectivity index (χ0) is 22.8. The van der Waals surface area contributed by atoms with Crippen LogP contribution in [0.4, 0.5) is 5.69 Å². The molecule has 1 N–H and O–H groups in total. The molecule has 0 spiro atoms. The van der Waals surface area contributed by atoms with E-state index in [1.54, 1.807) is 12.1 Å². The molecule has 1 aromatic heterocycles. The van der Waals surface area contributed by atoms with Crippen molar-refractivity contribution in [3.05, 3.63) is 69.6 Å². The molecular formula is C26H28Cl2N4O. The molecule has 0 atom stereocenters. The third-order valence-corrected chi connectivity index (χ3v) is 7.29. The lowest BCUT2D eigenvalue weighted by Crippen LogP contribution is -2.31. The fraction of sp³-hybridized carbons (Fsp3) is 0.385. The molecule has 2 aromatic carbocycles. The molecule has 0 saturated carbocycles. The molecule has 3 heterocycles. The van der Waals surface area contributed by atoms with E-state index >= 15 is 0 Å². The second kappa shape index (κ2) is 9.78. The van der Waals surface area contributed by atoms with Crippen LogP contribution in [0.1, 0.15) is 42.6 Å². The van der Waals surface area contributed by atoms with Crippen molar-refractivity contribution in [1.82, 2.24) is 14.9 Å². The largest absolute Gasteiger partial charge is 0.371 e. The molecule has 5 rings (SSSR count). The highest BCUT2D eigenvalue weighted by atomic mass is 35.5. The van der Waals surface area contributed by atoms with Gasteiger partial charge in [0.1, 0.15) is 5.82 Å². The quantitative estimate of drug-likeness (QED) is 0.493. The van der Waals surface area contributed by atoms with Crippen LogP contribution >= 0.6 is 23.2 Å². The third kappa shape index (κ3) is 5.04. The van der Waals surface area contributed by atoms with Crippen molar-refractivity contribution in [2.24, 2.45) is 0 Å². The topological polar surface area (TPSA) is 50.2 Å². The first kappa shape index (κ1) is 22.3. The van der Waals surface area contributed by atoms with Gasteiger partial charge >= 0.3 is 0 Å². The third-order valence-electron chi connectivity index (χ3n) is 6.56. The van der Waals surface area contributed by atoms with E-state index in [2.05, 4.69) is 39.2 Å². The van der Waals surface area contributed by atoms with Crippen molar-refractivity contribution in [1.29, 1.82) is 0 Å². The summed E-state index contributed by atoms with van der Waals surface area (Å²) in [5.74, 6) is 1.13. The minimum absolute atomic E-state index is 0.0376. The first-order chi connectivity index (χ1) is 16.1. The second-order valence-corrected chi connectivity index (χ2v) is 9.75. The minimum Gasteiger partial charge on any atom is -0.371 e. The summed E-state index contributed by atoms with van der Waals surface area (Å²) in [5, 5.41) is 4.07. The van der Waals surface area contributed by atoms with E-state index in [0.717, 1.165) is 48.4 Å². The van der Waals surface area contributed by atoms with Crippen LogP contribution < -0.4 is 10.2 Å². The van der Waals surface area contributed by atoms with Crippen molar-refractivity contribution < 1.29 is 4.79 Å². The number of benzene rings is 2. The summed E-state index contributed by atoms with van der Waals surface area (Å²) in [4.78, 5) is 20.0. The van der Waals surface area contributed by atoms with E-state index in [1.165, 1.54) is 37.2 Å². The fourth-order valence-corrected chi connectivity index (χ4v) is 5.14. The van der Waals surface area contributed by atoms with Gasteiger partial charge < -0.3 is 14.8 Å². The minimum atomic E-state index is -0.0376. The summed E-state index contributed by atoms with van der Waals surface area (Å²) in [6.07, 6.45) is 8.34. The Balaban J connectivity index is 1.35. The molecule has 0 aliphatic carbocycles. The number of carbonyl (C=O) groups is 1. The van der Waals surface area contributed by atoms with Crippen molar-refractivity contribution >= 4 is 34.8 Å². The number of halogens is 2. The Morgan fingerprint density at radius 2 is 1.82 bits per heavy atom. The number of nitrogens with one attached hydrogen (secondary N) is 1. The maximum Gasteiger partial charge on any atom is 0.224 e. The second-order valence-electron chi connectivity index (χ2n) is 8.93. The number of aryl methyl sites for hydroxylation is 2. The fourth-order valence-electron chi connectivity index (χ4n) is 4.82. The predicted molar refractivity (Wildman–Crippen MR) is 134 cm³/mol. The predicted octanol–water partition coefficient (Wildman–Crippen LogP) is 5.65. The molecule has 7 heteroatoms. The summed E-state index contributed by atoms with van der Waals surface area (Å²) in [6.45, 7) is 3.64. The Morgan fingerprint density at radius 3 is 2.61 bits per heavy atom. The van der Waals surface area contributed by atoms with E-state index in [1.807, 2.05) is 6.07 Å². The number of amides is 1. The van der Waals surface area contributed by atoms with Crippen LogP contribution in [0.5, 0.6) is 0 Å². The van der Waals surface area contributed by atoms with E-state index < -0.39 is 0 Å². The maximum absolute atomic E-state index is 12.7. The van der Waals surface area contributed by atoms with Gasteiger partial charge in [-0.2, -0.15) is 0 Å². The molecule has 1 saturated heterocycles. The van der Waals surface area contributed by atoms with Gasteiger partial charge in [0.05, 0.1) is 22.2 Å². The van der Waals surface area contributed by atoms with Crippen LogP contribution in [0.3, 0.4) is 0 Å². The van der Waals surface area contributed by atoms with E-state index in [9.17, 15) is 4.79 Å². The molecule has 1 fully saturated rings. The normalized spacial score (nSPS) is 15.5. The van der Waals surface area contributed by atoms with Gasteiger partial charge in [-0.3, -0.25) is 4.79 Å². The van der Waals surface area contributed by atoms with Gasteiger partial charge in [-0.1, -0.05) is 35.3 Å². The van der Waals surface area contributed by atoms with Crippen LogP contribution in [-0.2, 0) is 30.7 Å². The van der Waals surface area contributed by atoms with Gasteiger partial charge in [-0.05, 0) is 61.1 Å². The first-order valence-corrected chi connectivity index (χ1v) is 12.5. The number of hydrogen-bond acceptors (Lipinski definition) is 3. The number of imidazole rings is 1. The Labute approximate surface area is 204 Å². The van der Waals surface area contributed by atoms with Gasteiger partial charge in [-0.15, -0.1) is 0 Å². The molecule has 0 unspecified atom stereocenters.